The summed E-state index contributed by atoms with van der Waals surface area (Å²) in [5, 5.41) is 13.8. The Morgan fingerprint density at radius 3 is 2.80 bits per heavy atom. The van der Waals surface area contributed by atoms with Crippen LogP contribution in [0.25, 0.3) is 0 Å². The smallest absolute Gasteiger partial charge is 0.266 e. The lowest BCUT2D eigenvalue weighted by atomic mass is 9.86. The molecule has 1 atom stereocenters. The van der Waals surface area contributed by atoms with E-state index in [9.17, 15) is 9.90 Å². The monoisotopic (exact) mass is 267 g/mol. The van der Waals surface area contributed by atoms with Gasteiger partial charge in [-0.3, -0.25) is 4.79 Å². The molecule has 2 aromatic carbocycles. The van der Waals surface area contributed by atoms with Crippen molar-refractivity contribution in [1.29, 1.82) is 0 Å². The van der Waals surface area contributed by atoms with Crippen LogP contribution >= 0.6 is 0 Å². The number of hydrogen-bond acceptors (Lipinski definition) is 3. The second-order valence-corrected chi connectivity index (χ2v) is 5.10. The Bertz CT molecular complexity index is 725. The van der Waals surface area contributed by atoms with E-state index in [0.29, 0.717) is 29.2 Å². The van der Waals surface area contributed by atoms with E-state index in [-0.39, 0.29) is 0 Å². The highest BCUT2D eigenvalue weighted by molar-refractivity contribution is 6.07. The van der Waals surface area contributed by atoms with Crippen molar-refractivity contribution in [3.05, 3.63) is 59.2 Å². The highest BCUT2D eigenvalue weighted by Gasteiger charge is 2.49. The number of ether oxygens (including phenoxy) is 1. The first kappa shape index (κ1) is 11.5. The molecule has 2 N–H and O–H groups in total. The normalized spacial score (nSPS) is 22.9. The first-order valence-corrected chi connectivity index (χ1v) is 6.60. The zero-order valence-corrected chi connectivity index (χ0v) is 10.7. The van der Waals surface area contributed by atoms with E-state index < -0.39 is 11.5 Å². The van der Waals surface area contributed by atoms with Gasteiger partial charge in [0.2, 0.25) is 0 Å². The zero-order valence-electron chi connectivity index (χ0n) is 10.7. The first-order valence-electron chi connectivity index (χ1n) is 6.60. The molecule has 0 bridgehead atoms. The lowest BCUT2D eigenvalue weighted by Crippen LogP contribution is -2.35. The molecule has 0 spiro atoms. The molecular formula is C16H13NO3. The van der Waals surface area contributed by atoms with Crippen LogP contribution in [-0.4, -0.2) is 17.6 Å². The molecule has 1 amide bonds. The van der Waals surface area contributed by atoms with Crippen molar-refractivity contribution < 1.29 is 14.6 Å². The van der Waals surface area contributed by atoms with Crippen LogP contribution in [0.15, 0.2) is 42.5 Å². The van der Waals surface area contributed by atoms with Crippen molar-refractivity contribution in [2.75, 3.05) is 11.9 Å². The third-order valence-corrected chi connectivity index (χ3v) is 4.00. The summed E-state index contributed by atoms with van der Waals surface area (Å²) in [6, 6.07) is 12.8. The van der Waals surface area contributed by atoms with E-state index in [1.807, 2.05) is 24.3 Å². The molecule has 100 valence electrons. The quantitative estimate of drug-likeness (QED) is 0.828. The molecule has 2 aliphatic rings. The van der Waals surface area contributed by atoms with Crippen LogP contribution in [0, 0.1) is 0 Å². The van der Waals surface area contributed by atoms with Gasteiger partial charge in [0.1, 0.15) is 5.75 Å². The molecule has 0 saturated carbocycles. The molecule has 0 saturated heterocycles. The van der Waals surface area contributed by atoms with Crippen LogP contribution in [0.4, 0.5) is 5.69 Å². The number of rotatable bonds is 1. The maximum absolute atomic E-state index is 12.3. The molecule has 4 heteroatoms. The summed E-state index contributed by atoms with van der Waals surface area (Å²) in [7, 11) is 0. The number of aliphatic hydroxyl groups is 1. The minimum atomic E-state index is -1.67. The SMILES string of the molecule is O=C1Nc2ccccc2C1(O)c1cccc2c1OCC2. The van der Waals surface area contributed by atoms with Gasteiger partial charge in [-0.05, 0) is 11.6 Å². The maximum Gasteiger partial charge on any atom is 0.266 e. The van der Waals surface area contributed by atoms with Crippen LogP contribution < -0.4 is 10.1 Å². The predicted octanol–water partition coefficient (Wildman–Crippen LogP) is 1.81. The molecule has 0 aliphatic carbocycles. The van der Waals surface area contributed by atoms with E-state index in [0.717, 1.165) is 12.0 Å². The molecule has 4 rings (SSSR count). The number of fused-ring (bicyclic) bond motifs is 2. The molecule has 1 unspecified atom stereocenters. The molecule has 2 aromatic rings. The minimum absolute atomic E-state index is 0.428. The second-order valence-electron chi connectivity index (χ2n) is 5.10. The van der Waals surface area contributed by atoms with Crippen molar-refractivity contribution in [1.82, 2.24) is 0 Å². The van der Waals surface area contributed by atoms with Gasteiger partial charge in [-0.25, -0.2) is 0 Å². The third kappa shape index (κ3) is 1.31. The maximum atomic E-state index is 12.3. The molecule has 0 radical (unpaired) electrons. The van der Waals surface area contributed by atoms with Gasteiger partial charge in [-0.1, -0.05) is 36.4 Å². The van der Waals surface area contributed by atoms with Gasteiger partial charge < -0.3 is 15.2 Å². The van der Waals surface area contributed by atoms with Gasteiger partial charge in [0.15, 0.2) is 5.60 Å². The summed E-state index contributed by atoms with van der Waals surface area (Å²) in [5.41, 5.74) is 1.11. The lowest BCUT2D eigenvalue weighted by Gasteiger charge is -2.23. The van der Waals surface area contributed by atoms with Crippen molar-refractivity contribution in [2.24, 2.45) is 0 Å². The van der Waals surface area contributed by atoms with Crippen molar-refractivity contribution >= 4 is 11.6 Å². The van der Waals surface area contributed by atoms with Gasteiger partial charge in [0, 0.05) is 23.2 Å². The van der Waals surface area contributed by atoms with Gasteiger partial charge >= 0.3 is 0 Å². The Balaban J connectivity index is 1.98. The van der Waals surface area contributed by atoms with Crippen LogP contribution in [0.5, 0.6) is 5.75 Å². The van der Waals surface area contributed by atoms with Crippen molar-refractivity contribution in [3.63, 3.8) is 0 Å². The summed E-state index contributed by atoms with van der Waals surface area (Å²) < 4.78 is 5.63. The first-order chi connectivity index (χ1) is 9.71. The number of carbonyl (C=O) groups excluding carboxylic acids is 1. The zero-order chi connectivity index (χ0) is 13.7. The number of carbonyl (C=O) groups is 1. The molecular weight excluding hydrogens is 254 g/mol. The van der Waals surface area contributed by atoms with Gasteiger partial charge in [-0.2, -0.15) is 0 Å². The standard InChI is InChI=1S/C16H13NO3/c18-15-16(19,11-5-1-2-7-13(11)17-15)12-6-3-4-10-8-9-20-14(10)12/h1-7,19H,8-9H2,(H,17,18). The van der Waals surface area contributed by atoms with E-state index in [2.05, 4.69) is 5.32 Å². The number of anilines is 1. The Morgan fingerprint density at radius 2 is 1.90 bits per heavy atom. The second kappa shape index (κ2) is 3.84. The number of hydrogen-bond donors (Lipinski definition) is 2. The Hall–Kier alpha value is -2.33. The average Bonchev–Trinajstić information content (AvgIpc) is 3.03. The average molecular weight is 267 g/mol. The lowest BCUT2D eigenvalue weighted by molar-refractivity contribution is -0.129. The van der Waals surface area contributed by atoms with E-state index in [1.165, 1.54) is 0 Å². The minimum Gasteiger partial charge on any atom is -0.493 e. The largest absolute Gasteiger partial charge is 0.493 e. The molecule has 0 fully saturated rings. The molecule has 2 aliphatic heterocycles. The summed E-state index contributed by atoms with van der Waals surface area (Å²) >= 11 is 0. The third-order valence-electron chi connectivity index (χ3n) is 4.00. The van der Waals surface area contributed by atoms with Crippen LogP contribution in [0.2, 0.25) is 0 Å². The Morgan fingerprint density at radius 1 is 1.10 bits per heavy atom. The number of benzene rings is 2. The fourth-order valence-corrected chi connectivity index (χ4v) is 3.01. The summed E-state index contributed by atoms with van der Waals surface area (Å²) in [4.78, 5) is 12.3. The molecule has 4 nitrogen and oxygen atoms in total. The summed E-state index contributed by atoms with van der Waals surface area (Å²) in [5.74, 6) is 0.212. The number of para-hydroxylation sites is 2. The fourth-order valence-electron chi connectivity index (χ4n) is 3.01. The predicted molar refractivity (Wildman–Crippen MR) is 73.7 cm³/mol. The number of nitrogens with one attached hydrogen (secondary N) is 1. The number of amides is 1. The summed E-state index contributed by atoms with van der Waals surface area (Å²) in [6.45, 7) is 0.589. The molecule has 2 heterocycles. The van der Waals surface area contributed by atoms with Gasteiger partial charge in [0.25, 0.3) is 5.91 Å². The molecule has 20 heavy (non-hydrogen) atoms. The highest BCUT2D eigenvalue weighted by atomic mass is 16.5. The van der Waals surface area contributed by atoms with Gasteiger partial charge in [0.05, 0.1) is 6.61 Å². The highest BCUT2D eigenvalue weighted by Crippen LogP contribution is 2.45. The fraction of sp³-hybridized carbons (Fsp3) is 0.188. The van der Waals surface area contributed by atoms with E-state index in [4.69, 9.17) is 4.74 Å². The Labute approximate surface area is 116 Å². The van der Waals surface area contributed by atoms with Crippen molar-refractivity contribution in [3.8, 4) is 5.75 Å². The van der Waals surface area contributed by atoms with Gasteiger partial charge in [-0.15, -0.1) is 0 Å². The Kier molecular flexibility index (Phi) is 2.20. The van der Waals surface area contributed by atoms with Crippen LogP contribution in [-0.2, 0) is 16.8 Å². The van der Waals surface area contributed by atoms with Crippen LogP contribution in [0.3, 0.4) is 0 Å². The van der Waals surface area contributed by atoms with Crippen LogP contribution in [0.1, 0.15) is 16.7 Å². The molecule has 0 aromatic heterocycles. The topological polar surface area (TPSA) is 58.6 Å². The summed E-state index contributed by atoms with van der Waals surface area (Å²) in [6.07, 6.45) is 0.808. The van der Waals surface area contributed by atoms with E-state index in [1.54, 1.807) is 18.2 Å². The van der Waals surface area contributed by atoms with E-state index >= 15 is 0 Å². The van der Waals surface area contributed by atoms with Crippen molar-refractivity contribution in [2.45, 2.75) is 12.0 Å².